The Labute approximate surface area is 132 Å². The second kappa shape index (κ2) is 6.07. The van der Waals surface area contributed by atoms with Crippen molar-refractivity contribution in [1.82, 2.24) is 25.0 Å². The zero-order valence-electron chi connectivity index (χ0n) is 13.3. The summed E-state index contributed by atoms with van der Waals surface area (Å²) in [5.74, 6) is 0.532. The third-order valence-electron chi connectivity index (χ3n) is 3.48. The van der Waals surface area contributed by atoms with Crippen LogP contribution in [0.5, 0.6) is 5.88 Å². The summed E-state index contributed by atoms with van der Waals surface area (Å²) in [5.41, 5.74) is 1.95. The Morgan fingerprint density at radius 2 is 2.26 bits per heavy atom. The first kappa shape index (κ1) is 15.0. The van der Waals surface area contributed by atoms with E-state index in [1.807, 2.05) is 20.9 Å². The molecular formula is C15H18N6O2. The highest BCUT2D eigenvalue weighted by Crippen LogP contribution is 2.25. The molecule has 1 amide bonds. The third-order valence-corrected chi connectivity index (χ3v) is 3.48. The molecule has 2 N–H and O–H groups in total. The van der Waals surface area contributed by atoms with Crippen LogP contribution in [0, 0.1) is 0 Å². The summed E-state index contributed by atoms with van der Waals surface area (Å²) in [4.78, 5) is 16.6. The zero-order chi connectivity index (χ0) is 16.4. The number of hydrogen-bond acceptors (Lipinski definition) is 5. The van der Waals surface area contributed by atoms with Gasteiger partial charge < -0.3 is 10.1 Å². The Bertz CT molecular complexity index is 851. The maximum atomic E-state index is 12.6. The van der Waals surface area contributed by atoms with Crippen molar-refractivity contribution in [1.29, 1.82) is 0 Å². The van der Waals surface area contributed by atoms with Crippen LogP contribution in [0.25, 0.3) is 11.0 Å². The minimum absolute atomic E-state index is 0.307. The second-order valence-electron chi connectivity index (χ2n) is 4.96. The van der Waals surface area contributed by atoms with E-state index in [0.29, 0.717) is 29.5 Å². The Morgan fingerprint density at radius 1 is 1.43 bits per heavy atom. The van der Waals surface area contributed by atoms with Gasteiger partial charge in [0.05, 0.1) is 17.7 Å². The first-order valence-corrected chi connectivity index (χ1v) is 7.44. The molecule has 3 rings (SSSR count). The minimum Gasteiger partial charge on any atom is -0.477 e. The number of ether oxygens (including phenoxy) is 1. The molecule has 0 saturated heterocycles. The maximum Gasteiger partial charge on any atom is 0.262 e. The molecule has 0 saturated carbocycles. The van der Waals surface area contributed by atoms with Crippen LogP contribution in [0.3, 0.4) is 0 Å². The van der Waals surface area contributed by atoms with Crippen LogP contribution in [0.15, 0.2) is 18.3 Å². The van der Waals surface area contributed by atoms with Crippen molar-refractivity contribution in [2.75, 3.05) is 11.9 Å². The SMILES string of the molecule is CCOc1ncccc1C(=O)Nc1[nH]nc2c1c(CC)nn2C. The van der Waals surface area contributed by atoms with E-state index in [4.69, 9.17) is 4.74 Å². The number of pyridine rings is 1. The number of rotatable bonds is 5. The Kier molecular flexibility index (Phi) is 3.96. The molecule has 120 valence electrons. The summed E-state index contributed by atoms with van der Waals surface area (Å²) in [5, 5.41) is 15.1. The maximum absolute atomic E-state index is 12.6. The molecule has 0 aliphatic heterocycles. The summed E-state index contributed by atoms with van der Waals surface area (Å²) in [6.07, 6.45) is 2.34. The van der Waals surface area contributed by atoms with Crippen LogP contribution in [-0.4, -0.2) is 37.5 Å². The van der Waals surface area contributed by atoms with Crippen molar-refractivity contribution in [3.8, 4) is 5.88 Å². The summed E-state index contributed by atoms with van der Waals surface area (Å²) in [7, 11) is 1.82. The van der Waals surface area contributed by atoms with Crippen molar-refractivity contribution >= 4 is 22.8 Å². The molecule has 0 aliphatic rings. The summed E-state index contributed by atoms with van der Waals surface area (Å²) in [6, 6.07) is 3.37. The number of aromatic amines is 1. The highest BCUT2D eigenvalue weighted by Gasteiger charge is 2.19. The number of nitrogens with one attached hydrogen (secondary N) is 2. The van der Waals surface area contributed by atoms with Gasteiger partial charge in [0.15, 0.2) is 5.65 Å². The molecule has 8 nitrogen and oxygen atoms in total. The highest BCUT2D eigenvalue weighted by molar-refractivity contribution is 6.09. The van der Waals surface area contributed by atoms with Gasteiger partial charge in [-0.05, 0) is 25.5 Å². The lowest BCUT2D eigenvalue weighted by molar-refractivity contribution is 0.102. The number of carbonyl (C=O) groups excluding carboxylic acids is 1. The minimum atomic E-state index is -0.307. The lowest BCUT2D eigenvalue weighted by Gasteiger charge is -2.08. The van der Waals surface area contributed by atoms with E-state index >= 15 is 0 Å². The topological polar surface area (TPSA) is 97.7 Å². The van der Waals surface area contributed by atoms with E-state index in [1.54, 1.807) is 23.0 Å². The highest BCUT2D eigenvalue weighted by atomic mass is 16.5. The largest absolute Gasteiger partial charge is 0.477 e. The average Bonchev–Trinajstić information content (AvgIpc) is 3.10. The first-order chi connectivity index (χ1) is 11.2. The normalized spacial score (nSPS) is 10.9. The molecule has 0 aromatic carbocycles. The smallest absolute Gasteiger partial charge is 0.262 e. The molecule has 0 fully saturated rings. The molecule has 0 spiro atoms. The van der Waals surface area contributed by atoms with E-state index in [2.05, 4.69) is 25.6 Å². The fourth-order valence-electron chi connectivity index (χ4n) is 2.45. The number of anilines is 1. The van der Waals surface area contributed by atoms with Gasteiger partial charge in [-0.25, -0.2) is 9.67 Å². The monoisotopic (exact) mass is 314 g/mol. The number of amides is 1. The van der Waals surface area contributed by atoms with E-state index < -0.39 is 0 Å². The van der Waals surface area contributed by atoms with Crippen molar-refractivity contribution in [2.45, 2.75) is 20.3 Å². The van der Waals surface area contributed by atoms with Gasteiger partial charge in [0.25, 0.3) is 5.91 Å². The van der Waals surface area contributed by atoms with Crippen molar-refractivity contribution in [3.05, 3.63) is 29.6 Å². The van der Waals surface area contributed by atoms with Crippen LogP contribution >= 0.6 is 0 Å². The van der Waals surface area contributed by atoms with Gasteiger partial charge in [-0.3, -0.25) is 9.89 Å². The molecule has 0 atom stereocenters. The predicted molar refractivity (Wildman–Crippen MR) is 85.6 cm³/mol. The Balaban J connectivity index is 1.95. The van der Waals surface area contributed by atoms with E-state index in [1.165, 1.54) is 0 Å². The Hall–Kier alpha value is -2.90. The molecule has 3 heterocycles. The van der Waals surface area contributed by atoms with E-state index in [-0.39, 0.29) is 5.91 Å². The number of nitrogens with zero attached hydrogens (tertiary/aromatic N) is 4. The van der Waals surface area contributed by atoms with Gasteiger partial charge in [0.1, 0.15) is 11.4 Å². The van der Waals surface area contributed by atoms with Gasteiger partial charge >= 0.3 is 0 Å². The van der Waals surface area contributed by atoms with Gasteiger partial charge in [-0.15, -0.1) is 0 Å². The molecule has 3 aromatic rings. The molecule has 8 heteroatoms. The van der Waals surface area contributed by atoms with E-state index in [9.17, 15) is 4.79 Å². The molecule has 0 bridgehead atoms. The standard InChI is InChI=1S/C15H18N6O2/c1-4-10-11-12(18-19-13(11)21(3)20-10)17-14(22)9-7-6-8-16-15(9)23-5-2/h6-8H,4-5H2,1-3H3,(H2,17,18,19,22). The quantitative estimate of drug-likeness (QED) is 0.749. The van der Waals surface area contributed by atoms with Crippen LogP contribution in [0.1, 0.15) is 29.9 Å². The van der Waals surface area contributed by atoms with Crippen molar-refractivity contribution in [3.63, 3.8) is 0 Å². The lowest BCUT2D eigenvalue weighted by Crippen LogP contribution is -2.15. The molecule has 0 aliphatic carbocycles. The van der Waals surface area contributed by atoms with Crippen molar-refractivity contribution in [2.24, 2.45) is 7.05 Å². The summed E-state index contributed by atoms with van der Waals surface area (Å²) < 4.78 is 7.09. The van der Waals surface area contributed by atoms with Crippen LogP contribution in [0.2, 0.25) is 0 Å². The average molecular weight is 314 g/mol. The molecular weight excluding hydrogens is 296 g/mol. The summed E-state index contributed by atoms with van der Waals surface area (Å²) in [6.45, 7) is 4.29. The van der Waals surface area contributed by atoms with E-state index in [0.717, 1.165) is 17.5 Å². The molecule has 0 radical (unpaired) electrons. The summed E-state index contributed by atoms with van der Waals surface area (Å²) >= 11 is 0. The second-order valence-corrected chi connectivity index (χ2v) is 4.96. The van der Waals surface area contributed by atoms with Gasteiger partial charge in [0.2, 0.25) is 5.88 Å². The van der Waals surface area contributed by atoms with Crippen LogP contribution in [-0.2, 0) is 13.5 Å². The fourth-order valence-corrected chi connectivity index (χ4v) is 2.45. The van der Waals surface area contributed by atoms with Gasteiger partial charge in [-0.2, -0.15) is 10.2 Å². The fraction of sp³-hybridized carbons (Fsp3) is 0.333. The van der Waals surface area contributed by atoms with Crippen molar-refractivity contribution < 1.29 is 9.53 Å². The number of carbonyl (C=O) groups is 1. The number of aromatic nitrogens is 5. The lowest BCUT2D eigenvalue weighted by atomic mass is 10.2. The zero-order valence-corrected chi connectivity index (χ0v) is 13.3. The number of hydrogen-bond donors (Lipinski definition) is 2. The third kappa shape index (κ3) is 2.63. The van der Waals surface area contributed by atoms with Crippen LogP contribution < -0.4 is 10.1 Å². The molecule has 0 unspecified atom stereocenters. The molecule has 23 heavy (non-hydrogen) atoms. The van der Waals surface area contributed by atoms with Crippen LogP contribution in [0.4, 0.5) is 5.82 Å². The van der Waals surface area contributed by atoms with Gasteiger partial charge in [0, 0.05) is 13.2 Å². The number of aryl methyl sites for hydroxylation is 2. The van der Waals surface area contributed by atoms with Gasteiger partial charge in [-0.1, -0.05) is 6.92 Å². The number of H-pyrrole nitrogens is 1. The Morgan fingerprint density at radius 3 is 3.00 bits per heavy atom. The number of fused-ring (bicyclic) bond motifs is 1. The predicted octanol–water partition coefficient (Wildman–Crippen LogP) is 1.90. The molecule has 3 aromatic heterocycles. The first-order valence-electron chi connectivity index (χ1n) is 7.44.